The van der Waals surface area contributed by atoms with Crippen LogP contribution in [0.25, 0.3) is 5.82 Å². The monoisotopic (exact) mass is 340 g/mol. The van der Waals surface area contributed by atoms with Gasteiger partial charge < -0.3 is 9.80 Å². The van der Waals surface area contributed by atoms with Gasteiger partial charge in [0.1, 0.15) is 12.1 Å². The molecule has 1 aliphatic carbocycles. The van der Waals surface area contributed by atoms with Crippen LogP contribution in [0.1, 0.15) is 32.1 Å². The molecule has 1 saturated heterocycles. The molecule has 4 rings (SSSR count). The van der Waals surface area contributed by atoms with Crippen LogP contribution in [0.5, 0.6) is 0 Å². The van der Waals surface area contributed by atoms with Gasteiger partial charge in [-0.2, -0.15) is 5.10 Å². The lowest BCUT2D eigenvalue weighted by Gasteiger charge is -2.37. The molecule has 2 fully saturated rings. The Morgan fingerprint density at radius 3 is 2.48 bits per heavy atom. The molecular formula is C18H24N6O. The number of rotatable bonds is 3. The van der Waals surface area contributed by atoms with Gasteiger partial charge in [0.05, 0.1) is 0 Å². The summed E-state index contributed by atoms with van der Waals surface area (Å²) in [6, 6.07) is 3.82. The van der Waals surface area contributed by atoms with Crippen molar-refractivity contribution in [2.45, 2.75) is 32.1 Å². The quantitative estimate of drug-likeness (QED) is 0.853. The first-order valence-electron chi connectivity index (χ1n) is 9.17. The van der Waals surface area contributed by atoms with Crippen molar-refractivity contribution in [3.8, 4) is 5.82 Å². The first kappa shape index (κ1) is 16.1. The molecule has 0 spiro atoms. The summed E-state index contributed by atoms with van der Waals surface area (Å²) in [6.45, 7) is 3.18. The Morgan fingerprint density at radius 2 is 1.76 bits per heavy atom. The summed E-state index contributed by atoms with van der Waals surface area (Å²) in [6.07, 6.45) is 11.0. The Labute approximate surface area is 147 Å². The molecule has 0 aromatic carbocycles. The van der Waals surface area contributed by atoms with Gasteiger partial charge in [-0.15, -0.1) is 0 Å². The molecule has 2 aliphatic rings. The predicted octanol–water partition coefficient (Wildman–Crippen LogP) is 1.89. The second-order valence-corrected chi connectivity index (χ2v) is 6.83. The third-order valence-corrected chi connectivity index (χ3v) is 5.25. The van der Waals surface area contributed by atoms with Gasteiger partial charge in [-0.25, -0.2) is 14.6 Å². The third kappa shape index (κ3) is 3.50. The van der Waals surface area contributed by atoms with Crippen LogP contribution in [0.15, 0.2) is 30.9 Å². The van der Waals surface area contributed by atoms with Gasteiger partial charge in [-0.3, -0.25) is 4.79 Å². The van der Waals surface area contributed by atoms with Crippen molar-refractivity contribution in [3.63, 3.8) is 0 Å². The van der Waals surface area contributed by atoms with Crippen molar-refractivity contribution in [3.05, 3.63) is 30.9 Å². The normalized spacial score (nSPS) is 19.2. The maximum Gasteiger partial charge on any atom is 0.225 e. The Morgan fingerprint density at radius 1 is 1.00 bits per heavy atom. The minimum absolute atomic E-state index is 0.255. The molecule has 0 N–H and O–H groups in total. The maximum absolute atomic E-state index is 12.7. The van der Waals surface area contributed by atoms with Gasteiger partial charge in [-0.05, 0) is 18.9 Å². The predicted molar refractivity (Wildman–Crippen MR) is 94.5 cm³/mol. The summed E-state index contributed by atoms with van der Waals surface area (Å²) in [5, 5.41) is 4.21. The summed E-state index contributed by atoms with van der Waals surface area (Å²) in [4.78, 5) is 25.6. The van der Waals surface area contributed by atoms with Gasteiger partial charge >= 0.3 is 0 Å². The molecule has 0 radical (unpaired) electrons. The molecule has 7 nitrogen and oxygen atoms in total. The van der Waals surface area contributed by atoms with E-state index in [1.807, 2.05) is 23.2 Å². The zero-order valence-corrected chi connectivity index (χ0v) is 14.4. The number of piperazine rings is 1. The lowest BCUT2D eigenvalue weighted by atomic mass is 9.88. The Hall–Kier alpha value is -2.44. The largest absolute Gasteiger partial charge is 0.353 e. The number of hydrogen-bond donors (Lipinski definition) is 0. The molecule has 0 unspecified atom stereocenters. The maximum atomic E-state index is 12.7. The summed E-state index contributed by atoms with van der Waals surface area (Å²) >= 11 is 0. The molecule has 3 heterocycles. The van der Waals surface area contributed by atoms with E-state index in [4.69, 9.17) is 0 Å². The number of aromatic nitrogens is 4. The molecule has 1 amide bonds. The number of hydrogen-bond acceptors (Lipinski definition) is 5. The van der Waals surface area contributed by atoms with E-state index in [0.717, 1.165) is 50.7 Å². The Kier molecular flexibility index (Phi) is 4.63. The summed E-state index contributed by atoms with van der Waals surface area (Å²) in [5.74, 6) is 2.27. The molecular weight excluding hydrogens is 316 g/mol. The Balaban J connectivity index is 1.38. The highest BCUT2D eigenvalue weighted by molar-refractivity contribution is 5.79. The molecule has 7 heteroatoms. The molecule has 1 saturated carbocycles. The van der Waals surface area contributed by atoms with Crippen molar-refractivity contribution < 1.29 is 4.79 Å². The van der Waals surface area contributed by atoms with Gasteiger partial charge in [0.25, 0.3) is 0 Å². The van der Waals surface area contributed by atoms with Gasteiger partial charge in [0.15, 0.2) is 5.82 Å². The van der Waals surface area contributed by atoms with E-state index in [1.165, 1.54) is 19.3 Å². The number of anilines is 1. The van der Waals surface area contributed by atoms with Crippen LogP contribution < -0.4 is 4.90 Å². The van der Waals surface area contributed by atoms with Crippen molar-refractivity contribution in [2.75, 3.05) is 31.1 Å². The zero-order valence-electron chi connectivity index (χ0n) is 14.4. The van der Waals surface area contributed by atoms with Crippen LogP contribution in [-0.4, -0.2) is 56.7 Å². The lowest BCUT2D eigenvalue weighted by Crippen LogP contribution is -2.50. The minimum Gasteiger partial charge on any atom is -0.353 e. The van der Waals surface area contributed by atoms with Crippen molar-refractivity contribution in [1.82, 2.24) is 24.6 Å². The lowest BCUT2D eigenvalue weighted by molar-refractivity contribution is -0.136. The fourth-order valence-electron chi connectivity index (χ4n) is 3.80. The highest BCUT2D eigenvalue weighted by atomic mass is 16.2. The van der Waals surface area contributed by atoms with Crippen LogP contribution in [-0.2, 0) is 4.79 Å². The van der Waals surface area contributed by atoms with E-state index < -0.39 is 0 Å². The van der Waals surface area contributed by atoms with Crippen LogP contribution in [0.4, 0.5) is 5.82 Å². The van der Waals surface area contributed by atoms with E-state index >= 15 is 0 Å². The van der Waals surface area contributed by atoms with Gasteiger partial charge in [-0.1, -0.05) is 19.3 Å². The first-order valence-corrected chi connectivity index (χ1v) is 9.17. The number of carbonyl (C=O) groups excluding carboxylic acids is 1. The number of amides is 1. The average molecular weight is 340 g/mol. The van der Waals surface area contributed by atoms with Gasteiger partial charge in [0, 0.05) is 50.6 Å². The molecule has 25 heavy (non-hydrogen) atoms. The van der Waals surface area contributed by atoms with Crippen molar-refractivity contribution >= 4 is 11.7 Å². The zero-order chi connectivity index (χ0) is 17.1. The SMILES string of the molecule is O=C(C1CCCCC1)N1CCN(c2cc(-n3cccn3)ncn2)CC1. The number of carbonyl (C=O) groups is 1. The smallest absolute Gasteiger partial charge is 0.225 e. The van der Waals surface area contributed by atoms with E-state index in [-0.39, 0.29) is 5.92 Å². The third-order valence-electron chi connectivity index (χ3n) is 5.25. The molecule has 132 valence electrons. The standard InChI is InChI=1S/C18H24N6O/c25-18(15-5-2-1-3-6-15)23-11-9-22(10-12-23)16-13-17(20-14-19-16)24-8-4-7-21-24/h4,7-8,13-15H,1-3,5-6,9-12H2. The minimum atomic E-state index is 0.255. The average Bonchev–Trinajstić information content (AvgIpc) is 3.23. The topological polar surface area (TPSA) is 67.2 Å². The molecule has 2 aromatic rings. The second-order valence-electron chi connectivity index (χ2n) is 6.83. The van der Waals surface area contributed by atoms with Crippen molar-refractivity contribution in [1.29, 1.82) is 0 Å². The molecule has 0 bridgehead atoms. The van der Waals surface area contributed by atoms with E-state index in [2.05, 4.69) is 20.0 Å². The fourth-order valence-corrected chi connectivity index (χ4v) is 3.80. The first-order chi connectivity index (χ1) is 12.3. The van der Waals surface area contributed by atoms with Crippen LogP contribution in [0.3, 0.4) is 0 Å². The van der Waals surface area contributed by atoms with Crippen LogP contribution in [0, 0.1) is 5.92 Å². The number of nitrogens with zero attached hydrogens (tertiary/aromatic N) is 6. The van der Waals surface area contributed by atoms with Gasteiger partial charge in [0.2, 0.25) is 5.91 Å². The van der Waals surface area contributed by atoms with Crippen LogP contribution >= 0.6 is 0 Å². The highest BCUT2D eigenvalue weighted by Crippen LogP contribution is 2.26. The molecule has 1 aliphatic heterocycles. The summed E-state index contributed by atoms with van der Waals surface area (Å²) < 4.78 is 1.73. The summed E-state index contributed by atoms with van der Waals surface area (Å²) in [5.41, 5.74) is 0. The van der Waals surface area contributed by atoms with E-state index in [0.29, 0.717) is 5.91 Å². The summed E-state index contributed by atoms with van der Waals surface area (Å²) in [7, 11) is 0. The fraction of sp³-hybridized carbons (Fsp3) is 0.556. The second kappa shape index (κ2) is 7.21. The Bertz CT molecular complexity index is 702. The van der Waals surface area contributed by atoms with E-state index in [1.54, 1.807) is 17.2 Å². The molecule has 2 aromatic heterocycles. The highest BCUT2D eigenvalue weighted by Gasteiger charge is 2.28. The molecule has 0 atom stereocenters. The van der Waals surface area contributed by atoms with E-state index in [9.17, 15) is 4.79 Å². The van der Waals surface area contributed by atoms with Crippen molar-refractivity contribution in [2.24, 2.45) is 5.92 Å². The van der Waals surface area contributed by atoms with Crippen LogP contribution in [0.2, 0.25) is 0 Å².